The highest BCUT2D eigenvalue weighted by Crippen LogP contribution is 2.22. The summed E-state index contributed by atoms with van der Waals surface area (Å²) in [6.07, 6.45) is 1.79. The maximum Gasteiger partial charge on any atom is 0.123 e. The van der Waals surface area contributed by atoms with E-state index in [-0.39, 0.29) is 5.25 Å². The normalized spacial score (nSPS) is 18.2. The molecule has 5 heteroatoms. The zero-order valence-electron chi connectivity index (χ0n) is 11.3. The van der Waals surface area contributed by atoms with Gasteiger partial charge in [0.15, 0.2) is 0 Å². The summed E-state index contributed by atoms with van der Waals surface area (Å²) in [6.45, 7) is 1.91. The first-order valence-electron chi connectivity index (χ1n) is 6.55. The quantitative estimate of drug-likeness (QED) is 0.891. The van der Waals surface area contributed by atoms with Crippen LogP contribution in [0.2, 0.25) is 0 Å². The van der Waals surface area contributed by atoms with Crippen molar-refractivity contribution in [2.45, 2.75) is 30.4 Å². The standard InChI is InChI=1S/C14H21NO3S/c1-17-14-8-11(2-3-12(14)9-15)10-19(16)13-4-6-18-7-5-13/h2-3,8,13H,4-7,9-10,15H2,1H3. The second-order valence-corrected chi connectivity index (χ2v) is 6.40. The van der Waals surface area contributed by atoms with E-state index < -0.39 is 10.8 Å². The zero-order chi connectivity index (χ0) is 13.7. The Morgan fingerprint density at radius 2 is 2.16 bits per heavy atom. The smallest absolute Gasteiger partial charge is 0.123 e. The van der Waals surface area contributed by atoms with Crippen molar-refractivity contribution in [3.63, 3.8) is 0 Å². The van der Waals surface area contributed by atoms with Crippen LogP contribution in [-0.2, 0) is 27.8 Å². The molecule has 19 heavy (non-hydrogen) atoms. The van der Waals surface area contributed by atoms with Gasteiger partial charge >= 0.3 is 0 Å². The van der Waals surface area contributed by atoms with Gasteiger partial charge in [-0.2, -0.15) is 0 Å². The molecule has 1 aromatic rings. The molecule has 2 rings (SSSR count). The van der Waals surface area contributed by atoms with E-state index in [1.807, 2.05) is 18.2 Å². The maximum absolute atomic E-state index is 12.3. The summed E-state index contributed by atoms with van der Waals surface area (Å²) in [5.74, 6) is 1.36. The lowest BCUT2D eigenvalue weighted by Crippen LogP contribution is -2.25. The van der Waals surface area contributed by atoms with Gasteiger partial charge in [-0.05, 0) is 24.5 Å². The van der Waals surface area contributed by atoms with Crippen molar-refractivity contribution in [3.05, 3.63) is 29.3 Å². The molecule has 1 atom stereocenters. The van der Waals surface area contributed by atoms with Crippen molar-refractivity contribution in [2.75, 3.05) is 20.3 Å². The van der Waals surface area contributed by atoms with Crippen molar-refractivity contribution >= 4 is 10.8 Å². The van der Waals surface area contributed by atoms with Crippen molar-refractivity contribution < 1.29 is 13.7 Å². The average molecular weight is 283 g/mol. The molecule has 1 aliphatic heterocycles. The van der Waals surface area contributed by atoms with Crippen LogP contribution >= 0.6 is 0 Å². The Hall–Kier alpha value is -0.910. The third-order valence-corrected chi connectivity index (χ3v) is 5.25. The molecule has 0 bridgehead atoms. The first-order chi connectivity index (χ1) is 9.24. The molecule has 1 aliphatic rings. The Bertz CT molecular complexity index is 444. The van der Waals surface area contributed by atoms with E-state index in [1.165, 1.54) is 0 Å². The van der Waals surface area contributed by atoms with Crippen LogP contribution in [0, 0.1) is 0 Å². The van der Waals surface area contributed by atoms with Crippen LogP contribution in [0.15, 0.2) is 18.2 Å². The van der Waals surface area contributed by atoms with E-state index in [0.717, 1.165) is 42.9 Å². The van der Waals surface area contributed by atoms with Gasteiger partial charge in [-0.3, -0.25) is 4.21 Å². The van der Waals surface area contributed by atoms with Crippen molar-refractivity contribution in [2.24, 2.45) is 5.73 Å². The number of ether oxygens (including phenoxy) is 2. The zero-order valence-corrected chi connectivity index (χ0v) is 12.1. The first kappa shape index (κ1) is 14.5. The second-order valence-electron chi connectivity index (χ2n) is 4.69. The fraction of sp³-hybridized carbons (Fsp3) is 0.571. The molecule has 1 aromatic carbocycles. The predicted molar refractivity (Wildman–Crippen MR) is 76.6 cm³/mol. The van der Waals surface area contributed by atoms with E-state index in [4.69, 9.17) is 15.2 Å². The Balaban J connectivity index is 2.03. The Kier molecular flexibility index (Phi) is 5.36. The number of rotatable bonds is 5. The highest BCUT2D eigenvalue weighted by Gasteiger charge is 2.20. The summed E-state index contributed by atoms with van der Waals surface area (Å²) >= 11 is 0. The van der Waals surface area contributed by atoms with Crippen LogP contribution < -0.4 is 10.5 Å². The number of nitrogens with two attached hydrogens (primary N) is 1. The van der Waals surface area contributed by atoms with Gasteiger partial charge in [-0.1, -0.05) is 12.1 Å². The molecule has 4 nitrogen and oxygen atoms in total. The third kappa shape index (κ3) is 3.78. The topological polar surface area (TPSA) is 61.5 Å². The van der Waals surface area contributed by atoms with E-state index in [0.29, 0.717) is 12.3 Å². The number of benzene rings is 1. The van der Waals surface area contributed by atoms with E-state index >= 15 is 0 Å². The number of methoxy groups -OCH3 is 1. The number of hydrogen-bond donors (Lipinski definition) is 1. The minimum absolute atomic E-state index is 0.258. The van der Waals surface area contributed by atoms with Gasteiger partial charge < -0.3 is 15.2 Å². The van der Waals surface area contributed by atoms with Crippen LogP contribution in [-0.4, -0.2) is 29.8 Å². The van der Waals surface area contributed by atoms with Gasteiger partial charge in [0.2, 0.25) is 0 Å². The molecule has 0 spiro atoms. The van der Waals surface area contributed by atoms with Gasteiger partial charge in [-0.25, -0.2) is 0 Å². The fourth-order valence-corrected chi connectivity index (χ4v) is 3.73. The highest BCUT2D eigenvalue weighted by molar-refractivity contribution is 7.84. The molecule has 0 radical (unpaired) electrons. The van der Waals surface area contributed by atoms with Crippen LogP contribution in [0.3, 0.4) is 0 Å². The summed E-state index contributed by atoms with van der Waals surface area (Å²) in [5, 5.41) is 0.258. The Morgan fingerprint density at radius 3 is 2.79 bits per heavy atom. The molecule has 1 heterocycles. The SMILES string of the molecule is COc1cc(CS(=O)C2CCOCC2)ccc1CN. The molecule has 0 aliphatic carbocycles. The predicted octanol–water partition coefficient (Wildman–Crippen LogP) is 1.58. The molecule has 0 aromatic heterocycles. The molecule has 1 unspecified atom stereocenters. The lowest BCUT2D eigenvalue weighted by atomic mass is 10.1. The summed E-state index contributed by atoms with van der Waals surface area (Å²) in [6, 6.07) is 5.89. The second kappa shape index (κ2) is 7.03. The van der Waals surface area contributed by atoms with E-state index in [9.17, 15) is 4.21 Å². The summed E-state index contributed by atoms with van der Waals surface area (Å²) in [7, 11) is 0.790. The molecule has 106 valence electrons. The molecule has 1 saturated heterocycles. The largest absolute Gasteiger partial charge is 0.496 e. The minimum Gasteiger partial charge on any atom is -0.496 e. The van der Waals surface area contributed by atoms with Crippen LogP contribution in [0.25, 0.3) is 0 Å². The highest BCUT2D eigenvalue weighted by atomic mass is 32.2. The van der Waals surface area contributed by atoms with Gasteiger partial charge in [0, 0.05) is 47.1 Å². The molecule has 1 fully saturated rings. The summed E-state index contributed by atoms with van der Waals surface area (Å²) in [5.41, 5.74) is 7.66. The average Bonchev–Trinajstić information content (AvgIpc) is 2.48. The van der Waals surface area contributed by atoms with Crippen molar-refractivity contribution in [1.29, 1.82) is 0 Å². The monoisotopic (exact) mass is 283 g/mol. The summed E-state index contributed by atoms with van der Waals surface area (Å²) in [4.78, 5) is 0. The Labute approximate surface area is 116 Å². The molecule has 2 N–H and O–H groups in total. The molecule has 0 saturated carbocycles. The van der Waals surface area contributed by atoms with E-state index in [1.54, 1.807) is 7.11 Å². The van der Waals surface area contributed by atoms with Gasteiger partial charge in [-0.15, -0.1) is 0 Å². The molecular weight excluding hydrogens is 262 g/mol. The molecular formula is C14H21NO3S. The fourth-order valence-electron chi connectivity index (χ4n) is 2.27. The minimum atomic E-state index is -0.843. The Morgan fingerprint density at radius 1 is 1.42 bits per heavy atom. The van der Waals surface area contributed by atoms with Crippen molar-refractivity contribution in [3.8, 4) is 5.75 Å². The first-order valence-corrected chi connectivity index (χ1v) is 7.93. The van der Waals surface area contributed by atoms with Crippen LogP contribution in [0.5, 0.6) is 5.75 Å². The third-order valence-electron chi connectivity index (χ3n) is 3.42. The van der Waals surface area contributed by atoms with Gasteiger partial charge in [0.25, 0.3) is 0 Å². The summed E-state index contributed by atoms with van der Waals surface area (Å²) < 4.78 is 22.9. The lowest BCUT2D eigenvalue weighted by Gasteiger charge is -2.21. The molecule has 0 amide bonds. The van der Waals surface area contributed by atoms with Gasteiger partial charge in [0.1, 0.15) is 5.75 Å². The van der Waals surface area contributed by atoms with E-state index in [2.05, 4.69) is 0 Å². The number of hydrogen-bond acceptors (Lipinski definition) is 4. The maximum atomic E-state index is 12.3. The lowest BCUT2D eigenvalue weighted by molar-refractivity contribution is 0.0992. The van der Waals surface area contributed by atoms with Crippen LogP contribution in [0.1, 0.15) is 24.0 Å². The van der Waals surface area contributed by atoms with Crippen LogP contribution in [0.4, 0.5) is 0 Å². The van der Waals surface area contributed by atoms with Gasteiger partial charge in [0.05, 0.1) is 7.11 Å². The van der Waals surface area contributed by atoms with Crippen molar-refractivity contribution in [1.82, 2.24) is 0 Å².